The van der Waals surface area contributed by atoms with E-state index in [2.05, 4.69) is 10.1 Å². The Bertz CT molecular complexity index is 590. The molecule has 26 heavy (non-hydrogen) atoms. The Morgan fingerprint density at radius 1 is 1.00 bits per heavy atom. The third kappa shape index (κ3) is 4.45. The Morgan fingerprint density at radius 2 is 1.81 bits per heavy atom. The molecule has 0 spiro atoms. The first-order valence-corrected chi connectivity index (χ1v) is 10.6. The monoisotopic (exact) mass is 360 g/mol. The van der Waals surface area contributed by atoms with Crippen LogP contribution in [0.4, 0.5) is 0 Å². The average Bonchev–Trinajstić information content (AvgIpc) is 2.87. The Balaban J connectivity index is 1.28. The molecule has 1 aliphatic carbocycles. The van der Waals surface area contributed by atoms with E-state index < -0.39 is 0 Å². The minimum Gasteiger partial charge on any atom is -0.341 e. The molecule has 2 aliphatic heterocycles. The van der Waals surface area contributed by atoms with E-state index >= 15 is 0 Å². The van der Waals surface area contributed by atoms with Crippen LogP contribution < -0.4 is 0 Å². The number of rotatable bonds is 5. The summed E-state index contributed by atoms with van der Waals surface area (Å²) in [5.41, 5.74) is 0. The third-order valence-corrected chi connectivity index (χ3v) is 6.34. The van der Waals surface area contributed by atoms with Gasteiger partial charge >= 0.3 is 0 Å². The molecule has 1 saturated carbocycles. The van der Waals surface area contributed by atoms with Gasteiger partial charge in [0, 0.05) is 32.0 Å². The molecule has 0 aromatic carbocycles. The molecule has 3 heterocycles. The Labute approximate surface area is 156 Å². The summed E-state index contributed by atoms with van der Waals surface area (Å²) in [5.74, 6) is 3.04. The highest BCUT2D eigenvalue weighted by Crippen LogP contribution is 2.30. The van der Waals surface area contributed by atoms with Crippen molar-refractivity contribution < 1.29 is 9.32 Å². The van der Waals surface area contributed by atoms with E-state index in [0.717, 1.165) is 57.2 Å². The summed E-state index contributed by atoms with van der Waals surface area (Å²) in [6.07, 6.45) is 12.0. The lowest BCUT2D eigenvalue weighted by Gasteiger charge is -2.36. The van der Waals surface area contributed by atoms with Crippen LogP contribution in [0.25, 0.3) is 0 Å². The Hall–Kier alpha value is -1.43. The summed E-state index contributed by atoms with van der Waals surface area (Å²) >= 11 is 0. The van der Waals surface area contributed by atoms with Crippen LogP contribution in [0.5, 0.6) is 0 Å². The van der Waals surface area contributed by atoms with Crippen LogP contribution in [0.3, 0.4) is 0 Å². The molecular weight excluding hydrogens is 328 g/mol. The van der Waals surface area contributed by atoms with Crippen LogP contribution in [0, 0.1) is 5.92 Å². The topological polar surface area (TPSA) is 62.5 Å². The van der Waals surface area contributed by atoms with Gasteiger partial charge in [-0.2, -0.15) is 4.98 Å². The van der Waals surface area contributed by atoms with Crippen LogP contribution in [-0.2, 0) is 11.2 Å². The first-order valence-electron chi connectivity index (χ1n) is 10.6. The zero-order valence-electron chi connectivity index (χ0n) is 15.9. The van der Waals surface area contributed by atoms with Crippen molar-refractivity contribution in [3.05, 3.63) is 11.7 Å². The number of carbonyl (C=O) groups excluding carboxylic acids is 1. The standard InChI is InChI=1S/C20H32N4O2/c25-19(24-11-6-12-24)15-23-10-5-7-16(14-23)13-18-21-20(22-26-18)17-8-3-1-2-4-9-17/h16-17H,1-15H2. The number of piperidine rings is 1. The average molecular weight is 361 g/mol. The number of nitrogens with zero attached hydrogens (tertiary/aromatic N) is 4. The Morgan fingerprint density at radius 3 is 2.54 bits per heavy atom. The first-order chi connectivity index (χ1) is 12.8. The van der Waals surface area contributed by atoms with Gasteiger partial charge in [-0.15, -0.1) is 0 Å². The fraction of sp³-hybridized carbons (Fsp3) is 0.850. The van der Waals surface area contributed by atoms with E-state index in [0.29, 0.717) is 24.3 Å². The van der Waals surface area contributed by atoms with Gasteiger partial charge in [-0.1, -0.05) is 30.8 Å². The van der Waals surface area contributed by atoms with Gasteiger partial charge in [-0.05, 0) is 44.6 Å². The molecule has 6 heteroatoms. The molecule has 1 aromatic heterocycles. The molecule has 6 nitrogen and oxygen atoms in total. The molecule has 0 radical (unpaired) electrons. The maximum Gasteiger partial charge on any atom is 0.236 e. The van der Waals surface area contributed by atoms with Crippen molar-refractivity contribution in [1.82, 2.24) is 19.9 Å². The van der Waals surface area contributed by atoms with Crippen LogP contribution in [0.1, 0.15) is 75.4 Å². The predicted molar refractivity (Wildman–Crippen MR) is 98.8 cm³/mol. The molecule has 1 aromatic rings. The van der Waals surface area contributed by atoms with E-state index in [9.17, 15) is 4.79 Å². The minimum absolute atomic E-state index is 0.297. The number of likely N-dealkylation sites (tertiary alicyclic amines) is 2. The molecule has 0 N–H and O–H groups in total. The molecule has 1 amide bonds. The predicted octanol–water partition coefficient (Wildman–Crippen LogP) is 2.99. The van der Waals surface area contributed by atoms with Crippen molar-refractivity contribution >= 4 is 5.91 Å². The number of hydrogen-bond acceptors (Lipinski definition) is 5. The van der Waals surface area contributed by atoms with E-state index in [4.69, 9.17) is 9.51 Å². The van der Waals surface area contributed by atoms with Gasteiger partial charge in [0.1, 0.15) is 0 Å². The molecule has 2 saturated heterocycles. The van der Waals surface area contributed by atoms with Gasteiger partial charge in [0.2, 0.25) is 11.8 Å². The van der Waals surface area contributed by atoms with Gasteiger partial charge < -0.3 is 9.42 Å². The quantitative estimate of drug-likeness (QED) is 0.756. The van der Waals surface area contributed by atoms with Crippen molar-refractivity contribution in [2.75, 3.05) is 32.7 Å². The van der Waals surface area contributed by atoms with Gasteiger partial charge in [-0.3, -0.25) is 9.69 Å². The van der Waals surface area contributed by atoms with Crippen molar-refractivity contribution in [2.45, 2.75) is 70.1 Å². The van der Waals surface area contributed by atoms with Gasteiger partial charge in [0.05, 0.1) is 6.54 Å². The molecule has 1 unspecified atom stereocenters. The van der Waals surface area contributed by atoms with E-state index in [-0.39, 0.29) is 0 Å². The lowest BCUT2D eigenvalue weighted by Crippen LogP contribution is -2.49. The molecule has 0 bridgehead atoms. The second-order valence-corrected chi connectivity index (χ2v) is 8.42. The fourth-order valence-electron chi connectivity index (χ4n) is 4.62. The summed E-state index contributed by atoms with van der Waals surface area (Å²) in [6, 6.07) is 0. The lowest BCUT2D eigenvalue weighted by atomic mass is 9.94. The van der Waals surface area contributed by atoms with Crippen molar-refractivity contribution in [3.8, 4) is 0 Å². The van der Waals surface area contributed by atoms with Gasteiger partial charge in [0.15, 0.2) is 5.82 Å². The molecule has 1 atom stereocenters. The number of carbonyl (C=O) groups is 1. The summed E-state index contributed by atoms with van der Waals surface area (Å²) in [7, 11) is 0. The highest BCUT2D eigenvalue weighted by molar-refractivity contribution is 5.78. The number of aromatic nitrogens is 2. The highest BCUT2D eigenvalue weighted by Gasteiger charge is 2.27. The smallest absolute Gasteiger partial charge is 0.236 e. The summed E-state index contributed by atoms with van der Waals surface area (Å²) in [4.78, 5) is 21.2. The fourth-order valence-corrected chi connectivity index (χ4v) is 4.62. The summed E-state index contributed by atoms with van der Waals surface area (Å²) in [5, 5.41) is 4.30. The zero-order chi connectivity index (χ0) is 17.8. The highest BCUT2D eigenvalue weighted by atomic mass is 16.5. The second kappa shape index (κ2) is 8.51. The zero-order valence-corrected chi connectivity index (χ0v) is 15.9. The molecule has 3 fully saturated rings. The third-order valence-electron chi connectivity index (χ3n) is 6.34. The largest absolute Gasteiger partial charge is 0.341 e. The second-order valence-electron chi connectivity index (χ2n) is 8.42. The maximum atomic E-state index is 12.2. The van der Waals surface area contributed by atoms with Crippen LogP contribution in [0.2, 0.25) is 0 Å². The summed E-state index contributed by atoms with van der Waals surface area (Å²) in [6.45, 7) is 4.48. The first kappa shape index (κ1) is 18.0. The van der Waals surface area contributed by atoms with Crippen LogP contribution in [0.15, 0.2) is 4.52 Å². The lowest BCUT2D eigenvalue weighted by molar-refractivity contribution is -0.136. The SMILES string of the molecule is O=C(CN1CCCC(Cc2nc(C3CCCCCC3)no2)C1)N1CCC1. The normalized spacial score (nSPS) is 25.7. The van der Waals surface area contributed by atoms with Gasteiger partial charge in [0.25, 0.3) is 0 Å². The van der Waals surface area contributed by atoms with Gasteiger partial charge in [-0.25, -0.2) is 0 Å². The number of hydrogen-bond donors (Lipinski definition) is 0. The van der Waals surface area contributed by atoms with Crippen molar-refractivity contribution in [2.24, 2.45) is 5.92 Å². The molecule has 4 rings (SSSR count). The Kier molecular flexibility index (Phi) is 5.88. The maximum absolute atomic E-state index is 12.2. The van der Waals surface area contributed by atoms with E-state index in [1.807, 2.05) is 4.90 Å². The minimum atomic E-state index is 0.297. The number of amides is 1. The molecule has 144 valence electrons. The van der Waals surface area contributed by atoms with Crippen molar-refractivity contribution in [1.29, 1.82) is 0 Å². The van der Waals surface area contributed by atoms with Crippen molar-refractivity contribution in [3.63, 3.8) is 0 Å². The molecule has 3 aliphatic rings. The van der Waals surface area contributed by atoms with E-state index in [1.165, 1.54) is 44.9 Å². The summed E-state index contributed by atoms with van der Waals surface area (Å²) < 4.78 is 5.59. The molecular formula is C20H32N4O2. The van der Waals surface area contributed by atoms with Crippen LogP contribution >= 0.6 is 0 Å². The van der Waals surface area contributed by atoms with Crippen LogP contribution in [-0.4, -0.2) is 58.6 Å². The van der Waals surface area contributed by atoms with E-state index in [1.54, 1.807) is 0 Å².